The maximum absolute atomic E-state index is 13.1. The van der Waals surface area contributed by atoms with Crippen molar-refractivity contribution in [3.8, 4) is 0 Å². The van der Waals surface area contributed by atoms with Crippen molar-refractivity contribution in [1.82, 2.24) is 14.9 Å². The van der Waals surface area contributed by atoms with Crippen molar-refractivity contribution in [3.63, 3.8) is 0 Å². The number of anilines is 2. The number of ether oxygens (including phenoxy) is 1. The highest BCUT2D eigenvalue weighted by Gasteiger charge is 2.25. The number of rotatable bonds is 10. The van der Waals surface area contributed by atoms with Crippen molar-refractivity contribution in [1.29, 1.82) is 0 Å². The third-order valence-electron chi connectivity index (χ3n) is 5.96. The Labute approximate surface area is 222 Å². The van der Waals surface area contributed by atoms with E-state index in [1.807, 2.05) is 47.5 Å². The Morgan fingerprint density at radius 3 is 2.78 bits per heavy atom. The van der Waals surface area contributed by atoms with Gasteiger partial charge in [-0.3, -0.25) is 4.79 Å². The van der Waals surface area contributed by atoms with Crippen molar-refractivity contribution >= 4 is 40.2 Å². The summed E-state index contributed by atoms with van der Waals surface area (Å²) in [5.41, 5.74) is 1.52. The number of aromatic nitrogens is 2. The van der Waals surface area contributed by atoms with Crippen LogP contribution in [-0.2, 0) is 10.2 Å². The van der Waals surface area contributed by atoms with Crippen LogP contribution in [0.15, 0.2) is 53.7 Å². The molecule has 3 heterocycles. The fourth-order valence-corrected chi connectivity index (χ4v) is 4.73. The second-order valence-electron chi connectivity index (χ2n) is 10.0. The van der Waals surface area contributed by atoms with E-state index in [9.17, 15) is 4.79 Å². The molecule has 1 atom stereocenters. The summed E-state index contributed by atoms with van der Waals surface area (Å²) in [6.07, 6.45) is 11.1. The van der Waals surface area contributed by atoms with Gasteiger partial charge in [-0.2, -0.15) is 0 Å². The first-order chi connectivity index (χ1) is 17.8. The molecule has 196 valence electrons. The van der Waals surface area contributed by atoms with Crippen molar-refractivity contribution in [2.24, 2.45) is 0 Å². The number of amides is 1. The summed E-state index contributed by atoms with van der Waals surface area (Å²) < 4.78 is 11.2. The Hall–Kier alpha value is -3.43. The van der Waals surface area contributed by atoms with Crippen molar-refractivity contribution in [3.05, 3.63) is 71.4 Å². The summed E-state index contributed by atoms with van der Waals surface area (Å²) in [6, 6.07) is 7.66. The van der Waals surface area contributed by atoms with Gasteiger partial charge in [-0.1, -0.05) is 38.2 Å². The molecule has 1 aromatic carbocycles. The van der Waals surface area contributed by atoms with Crippen LogP contribution < -0.4 is 10.6 Å². The molecule has 3 aromatic rings. The lowest BCUT2D eigenvalue weighted by atomic mass is 9.94. The zero-order valence-corrected chi connectivity index (χ0v) is 22.5. The van der Waals surface area contributed by atoms with Gasteiger partial charge in [-0.15, -0.1) is 6.58 Å². The normalized spacial score (nSPS) is 16.2. The van der Waals surface area contributed by atoms with E-state index in [1.165, 1.54) is 0 Å². The molecule has 0 saturated carbocycles. The van der Waals surface area contributed by atoms with Gasteiger partial charge in [0.15, 0.2) is 5.13 Å². The summed E-state index contributed by atoms with van der Waals surface area (Å²) in [5.74, 6) is 1.49. The Bertz CT molecular complexity index is 1210. The first-order valence-electron chi connectivity index (χ1n) is 12.5. The number of benzene rings is 1. The van der Waals surface area contributed by atoms with E-state index in [4.69, 9.17) is 9.15 Å². The fourth-order valence-electron chi connectivity index (χ4n) is 3.94. The zero-order chi connectivity index (χ0) is 26.3. The number of nitrogens with one attached hydrogen (secondary N) is 2. The SMILES string of the molecule is C=CCOCNc1ccc(C(=O)N2CCCC(Nc3ncc(/C=C/c4ncc(C(C)(C)C)o4)s3)C2)cc1. The number of nitrogens with zero attached hydrogens (tertiary/aromatic N) is 3. The number of oxazole rings is 1. The van der Waals surface area contributed by atoms with Gasteiger partial charge in [0.2, 0.25) is 5.89 Å². The summed E-state index contributed by atoms with van der Waals surface area (Å²) in [6.45, 7) is 12.2. The molecule has 0 aliphatic carbocycles. The van der Waals surface area contributed by atoms with Crippen molar-refractivity contribution in [2.45, 2.75) is 45.1 Å². The van der Waals surface area contributed by atoms with Crippen LogP contribution in [0.2, 0.25) is 0 Å². The second-order valence-corrected chi connectivity index (χ2v) is 11.1. The Morgan fingerprint density at radius 1 is 1.24 bits per heavy atom. The molecule has 1 aliphatic rings. The molecule has 2 N–H and O–H groups in total. The van der Waals surface area contributed by atoms with E-state index in [-0.39, 0.29) is 17.4 Å². The standard InChI is InChI=1S/C28H35N5O3S/c1-5-15-35-19-31-21-10-8-20(9-11-21)26(34)33-14-6-7-22(18-33)32-27-30-16-23(37-27)12-13-25-29-17-24(36-25)28(2,3)4/h5,8-13,16-17,22,31H,1,6-7,14-15,18-19H2,2-4H3,(H,30,32)/b13-12+. The third kappa shape index (κ3) is 7.53. The molecule has 4 rings (SSSR count). The minimum absolute atomic E-state index is 0.0456. The molecule has 1 aliphatic heterocycles. The summed E-state index contributed by atoms with van der Waals surface area (Å²) >= 11 is 1.57. The number of carbonyl (C=O) groups excluding carboxylic acids is 1. The summed E-state index contributed by atoms with van der Waals surface area (Å²) in [7, 11) is 0. The smallest absolute Gasteiger partial charge is 0.253 e. The monoisotopic (exact) mass is 521 g/mol. The first kappa shape index (κ1) is 26.6. The molecule has 1 fully saturated rings. The first-order valence-corrected chi connectivity index (χ1v) is 13.3. The highest BCUT2D eigenvalue weighted by molar-refractivity contribution is 7.16. The lowest BCUT2D eigenvalue weighted by molar-refractivity contribution is 0.0715. The molecular weight excluding hydrogens is 486 g/mol. The van der Waals surface area contributed by atoms with Gasteiger partial charge < -0.3 is 24.7 Å². The minimum atomic E-state index is -0.0722. The van der Waals surface area contributed by atoms with Crippen LogP contribution in [0.25, 0.3) is 12.2 Å². The Morgan fingerprint density at radius 2 is 2.05 bits per heavy atom. The van der Waals surface area contributed by atoms with E-state index in [1.54, 1.807) is 23.6 Å². The quantitative estimate of drug-likeness (QED) is 0.195. The van der Waals surface area contributed by atoms with Gasteiger partial charge in [0.1, 0.15) is 12.5 Å². The van der Waals surface area contributed by atoms with Gasteiger partial charge in [-0.05, 0) is 43.2 Å². The summed E-state index contributed by atoms with van der Waals surface area (Å²) in [5, 5.41) is 7.52. The molecule has 0 spiro atoms. The predicted molar refractivity (Wildman–Crippen MR) is 150 cm³/mol. The van der Waals surface area contributed by atoms with Crippen LogP contribution in [0.3, 0.4) is 0 Å². The van der Waals surface area contributed by atoms with Crippen LogP contribution >= 0.6 is 11.3 Å². The minimum Gasteiger partial charge on any atom is -0.441 e. The van der Waals surface area contributed by atoms with Crippen LogP contribution in [-0.4, -0.2) is 53.2 Å². The van der Waals surface area contributed by atoms with E-state index in [2.05, 4.69) is 48.0 Å². The van der Waals surface area contributed by atoms with E-state index >= 15 is 0 Å². The van der Waals surface area contributed by atoms with Crippen LogP contribution in [0.4, 0.5) is 10.8 Å². The summed E-state index contributed by atoms with van der Waals surface area (Å²) in [4.78, 5) is 24.9. The highest BCUT2D eigenvalue weighted by atomic mass is 32.1. The van der Waals surface area contributed by atoms with Crippen LogP contribution in [0.1, 0.15) is 60.5 Å². The van der Waals surface area contributed by atoms with Crippen LogP contribution in [0, 0.1) is 0 Å². The number of thiazole rings is 1. The Kier molecular flexibility index (Phi) is 8.78. The van der Waals surface area contributed by atoms with Gasteiger partial charge in [0.05, 0.1) is 12.8 Å². The molecule has 2 aromatic heterocycles. The number of hydrogen-bond acceptors (Lipinski definition) is 8. The van der Waals surface area contributed by atoms with Crippen LogP contribution in [0.5, 0.6) is 0 Å². The van der Waals surface area contributed by atoms with E-state index < -0.39 is 0 Å². The largest absolute Gasteiger partial charge is 0.441 e. The van der Waals surface area contributed by atoms with Gasteiger partial charge >= 0.3 is 0 Å². The number of hydrogen-bond donors (Lipinski definition) is 2. The maximum Gasteiger partial charge on any atom is 0.253 e. The molecule has 9 heteroatoms. The molecule has 0 bridgehead atoms. The predicted octanol–water partition coefficient (Wildman–Crippen LogP) is 5.89. The van der Waals surface area contributed by atoms with Gasteiger partial charge in [0, 0.05) is 52.9 Å². The molecule has 0 radical (unpaired) electrons. The van der Waals surface area contributed by atoms with E-state index in [0.717, 1.165) is 40.8 Å². The number of piperidine rings is 1. The topological polar surface area (TPSA) is 92.5 Å². The fraction of sp³-hybridized carbons (Fsp3) is 0.393. The van der Waals surface area contributed by atoms with Gasteiger partial charge in [-0.25, -0.2) is 9.97 Å². The lowest BCUT2D eigenvalue weighted by Crippen LogP contribution is -2.45. The molecule has 8 nitrogen and oxygen atoms in total. The molecular formula is C28H35N5O3S. The average Bonchev–Trinajstić information content (AvgIpc) is 3.55. The molecule has 1 amide bonds. The van der Waals surface area contributed by atoms with Crippen molar-refractivity contribution < 1.29 is 13.9 Å². The number of likely N-dealkylation sites (tertiary alicyclic amines) is 1. The van der Waals surface area contributed by atoms with Gasteiger partial charge in [0.25, 0.3) is 5.91 Å². The molecule has 37 heavy (non-hydrogen) atoms. The molecule has 1 saturated heterocycles. The maximum atomic E-state index is 13.1. The third-order valence-corrected chi connectivity index (χ3v) is 6.85. The average molecular weight is 522 g/mol. The van der Waals surface area contributed by atoms with E-state index in [0.29, 0.717) is 31.3 Å². The number of carbonyl (C=O) groups is 1. The Balaban J connectivity index is 1.29. The lowest BCUT2D eigenvalue weighted by Gasteiger charge is -2.33. The second kappa shape index (κ2) is 12.2. The zero-order valence-electron chi connectivity index (χ0n) is 21.7. The highest BCUT2D eigenvalue weighted by Crippen LogP contribution is 2.26. The molecule has 1 unspecified atom stereocenters. The van der Waals surface area contributed by atoms with Crippen molar-refractivity contribution in [2.75, 3.05) is 37.1 Å².